The molecule has 2 aliphatic carbocycles. The summed E-state index contributed by atoms with van der Waals surface area (Å²) in [6, 6.07) is 8.30. The van der Waals surface area contributed by atoms with Gasteiger partial charge in [-0.1, -0.05) is 12.1 Å². The van der Waals surface area contributed by atoms with Crippen LogP contribution in [0, 0.1) is 12.8 Å². The predicted molar refractivity (Wildman–Crippen MR) is 149 cm³/mol. The van der Waals surface area contributed by atoms with Crippen molar-refractivity contribution < 1.29 is 4.74 Å². The number of nitrogens with one attached hydrogen (secondary N) is 1. The van der Waals surface area contributed by atoms with Crippen LogP contribution in [0.1, 0.15) is 61.5 Å². The van der Waals surface area contributed by atoms with Crippen molar-refractivity contribution in [2.45, 2.75) is 62.9 Å². The first-order chi connectivity index (χ1) is 18.5. The average Bonchev–Trinajstić information content (AvgIpc) is 3.85. The molecule has 4 aromatic rings. The summed E-state index contributed by atoms with van der Waals surface area (Å²) >= 11 is 1.70. The number of hydrogen-bond donors (Lipinski definition) is 1. The fraction of sp³-hybridized carbons (Fsp3) is 0.429. The molecule has 196 valence electrons. The van der Waals surface area contributed by atoms with E-state index in [2.05, 4.69) is 52.7 Å². The van der Waals surface area contributed by atoms with Gasteiger partial charge in [0.1, 0.15) is 17.4 Å². The van der Waals surface area contributed by atoms with Crippen molar-refractivity contribution in [3.63, 3.8) is 0 Å². The maximum atomic E-state index is 13.9. The maximum absolute atomic E-state index is 13.9. The van der Waals surface area contributed by atoms with Crippen LogP contribution in [-0.2, 0) is 6.54 Å². The van der Waals surface area contributed by atoms with Crippen molar-refractivity contribution in [3.05, 3.63) is 57.9 Å². The lowest BCUT2D eigenvalue weighted by Gasteiger charge is -2.20. The lowest BCUT2D eigenvalue weighted by Crippen LogP contribution is -2.29. The Hall–Kier alpha value is -3.53. The number of thioether (sulfide) groups is 1. The minimum atomic E-state index is -0.166. The Morgan fingerprint density at radius 1 is 1.11 bits per heavy atom. The molecule has 10 heteroatoms. The van der Waals surface area contributed by atoms with E-state index >= 15 is 0 Å². The van der Waals surface area contributed by atoms with E-state index in [1.807, 2.05) is 11.5 Å². The molecule has 0 saturated heterocycles. The standard InChI is InChI=1S/C28H31N7O2S/c1-15-22-26(34-24(32-15)21-23(19-9-10-19)30-14-31-27(21)37-3)35(16(2)18-7-8-18)28(36)25(33-22)29-13-17-5-11-20(38-4)12-6-17/h5-6,11-12,14,16,18-19H,7-10,13H2,1-4H3,(H,29,33)/t16-/m0/s1. The van der Waals surface area contributed by atoms with Crippen LogP contribution >= 0.6 is 11.8 Å². The number of methoxy groups -OCH3 is 1. The fourth-order valence-corrected chi connectivity index (χ4v) is 5.37. The van der Waals surface area contributed by atoms with Gasteiger partial charge in [0.15, 0.2) is 17.3 Å². The Labute approximate surface area is 225 Å². The van der Waals surface area contributed by atoms with Crippen LogP contribution in [0.2, 0.25) is 0 Å². The van der Waals surface area contributed by atoms with Gasteiger partial charge in [0.25, 0.3) is 5.56 Å². The van der Waals surface area contributed by atoms with Gasteiger partial charge in [0.2, 0.25) is 5.88 Å². The van der Waals surface area contributed by atoms with Crippen LogP contribution in [0.25, 0.3) is 22.6 Å². The number of ether oxygens (including phenoxy) is 1. The topological polar surface area (TPSA) is 108 Å². The van der Waals surface area contributed by atoms with E-state index in [9.17, 15) is 4.79 Å². The molecule has 3 aromatic heterocycles. The summed E-state index contributed by atoms with van der Waals surface area (Å²) < 4.78 is 7.41. The molecule has 0 unspecified atom stereocenters. The van der Waals surface area contributed by atoms with Gasteiger partial charge in [-0.15, -0.1) is 11.8 Å². The van der Waals surface area contributed by atoms with Crippen LogP contribution in [0.5, 0.6) is 5.88 Å². The number of fused-ring (bicyclic) bond motifs is 1. The molecule has 0 radical (unpaired) electrons. The Morgan fingerprint density at radius 3 is 2.53 bits per heavy atom. The molecule has 2 aliphatic rings. The molecule has 6 rings (SSSR count). The first-order valence-corrected chi connectivity index (χ1v) is 14.3. The van der Waals surface area contributed by atoms with Gasteiger partial charge < -0.3 is 10.1 Å². The van der Waals surface area contributed by atoms with E-state index in [1.54, 1.807) is 18.9 Å². The zero-order valence-corrected chi connectivity index (χ0v) is 22.9. The second-order valence-corrected chi connectivity index (χ2v) is 11.0. The van der Waals surface area contributed by atoms with E-state index in [-0.39, 0.29) is 11.6 Å². The number of nitrogens with zero attached hydrogens (tertiary/aromatic N) is 6. The smallest absolute Gasteiger partial charge is 0.295 e. The van der Waals surface area contributed by atoms with Crippen molar-refractivity contribution >= 4 is 28.7 Å². The summed E-state index contributed by atoms with van der Waals surface area (Å²) in [5, 5.41) is 3.29. The third kappa shape index (κ3) is 4.62. The molecular weight excluding hydrogens is 498 g/mol. The molecule has 1 atom stereocenters. The van der Waals surface area contributed by atoms with Gasteiger partial charge in [0.05, 0.1) is 18.5 Å². The molecule has 1 aromatic carbocycles. The summed E-state index contributed by atoms with van der Waals surface area (Å²) in [6.07, 6.45) is 7.93. The van der Waals surface area contributed by atoms with Crippen LogP contribution in [0.15, 0.2) is 40.3 Å². The number of aromatic nitrogens is 6. The number of anilines is 1. The molecule has 2 fully saturated rings. The van der Waals surface area contributed by atoms with E-state index in [4.69, 9.17) is 19.7 Å². The van der Waals surface area contributed by atoms with E-state index < -0.39 is 0 Å². The molecule has 1 N–H and O–H groups in total. The lowest BCUT2D eigenvalue weighted by atomic mass is 10.1. The average molecular weight is 530 g/mol. The number of aryl methyl sites for hydroxylation is 1. The third-order valence-corrected chi connectivity index (χ3v) is 8.21. The molecule has 2 saturated carbocycles. The largest absolute Gasteiger partial charge is 0.480 e. The van der Waals surface area contributed by atoms with Crippen molar-refractivity contribution in [3.8, 4) is 17.3 Å². The molecule has 0 bridgehead atoms. The zero-order valence-electron chi connectivity index (χ0n) is 22.1. The lowest BCUT2D eigenvalue weighted by molar-refractivity contribution is 0.397. The Bertz CT molecular complexity index is 1560. The summed E-state index contributed by atoms with van der Waals surface area (Å²) in [7, 11) is 1.59. The summed E-state index contributed by atoms with van der Waals surface area (Å²) in [6.45, 7) is 4.51. The first-order valence-electron chi connectivity index (χ1n) is 13.1. The number of rotatable bonds is 9. The van der Waals surface area contributed by atoms with Gasteiger partial charge in [0, 0.05) is 23.4 Å². The quantitative estimate of drug-likeness (QED) is 0.295. The predicted octanol–water partition coefficient (Wildman–Crippen LogP) is 5.14. The van der Waals surface area contributed by atoms with Crippen molar-refractivity contribution in [2.24, 2.45) is 5.92 Å². The number of hydrogen-bond acceptors (Lipinski definition) is 9. The van der Waals surface area contributed by atoms with Crippen LogP contribution < -0.4 is 15.6 Å². The molecule has 3 heterocycles. The molecule has 0 aliphatic heterocycles. The van der Waals surface area contributed by atoms with Gasteiger partial charge in [-0.3, -0.25) is 9.36 Å². The van der Waals surface area contributed by atoms with Crippen LogP contribution in [-0.4, -0.2) is 42.9 Å². The molecule has 38 heavy (non-hydrogen) atoms. The number of benzene rings is 1. The summed E-state index contributed by atoms with van der Waals surface area (Å²) in [5.74, 6) is 2.03. The van der Waals surface area contributed by atoms with Gasteiger partial charge in [-0.05, 0) is 69.4 Å². The van der Waals surface area contributed by atoms with Crippen LogP contribution in [0.4, 0.5) is 5.82 Å². The highest BCUT2D eigenvalue weighted by Gasteiger charge is 2.34. The summed E-state index contributed by atoms with van der Waals surface area (Å²) in [5.41, 5.74) is 4.37. The summed E-state index contributed by atoms with van der Waals surface area (Å²) in [4.78, 5) is 38.5. The minimum absolute atomic E-state index is 0.00613. The highest BCUT2D eigenvalue weighted by molar-refractivity contribution is 7.98. The van der Waals surface area contributed by atoms with E-state index in [0.29, 0.717) is 58.3 Å². The SMILES string of the molecule is COc1ncnc(C2CC2)c1-c1nc(C)c2nc(NCc3ccc(SC)cc3)c(=O)n([C@@H](C)C3CC3)c2n1. The van der Waals surface area contributed by atoms with Crippen molar-refractivity contribution in [2.75, 3.05) is 18.7 Å². The highest BCUT2D eigenvalue weighted by Crippen LogP contribution is 2.45. The second kappa shape index (κ2) is 9.98. The minimum Gasteiger partial charge on any atom is -0.480 e. The first kappa shape index (κ1) is 24.8. The zero-order chi connectivity index (χ0) is 26.4. The normalized spacial score (nSPS) is 16.0. The van der Waals surface area contributed by atoms with E-state index in [0.717, 1.165) is 36.9 Å². The third-order valence-electron chi connectivity index (χ3n) is 7.47. The monoisotopic (exact) mass is 529 g/mol. The fourth-order valence-electron chi connectivity index (χ4n) is 4.96. The Balaban J connectivity index is 1.48. The van der Waals surface area contributed by atoms with Gasteiger partial charge in [-0.25, -0.2) is 24.9 Å². The molecular formula is C28H31N7O2S. The molecule has 0 amide bonds. The van der Waals surface area contributed by atoms with Gasteiger partial charge in [-0.2, -0.15) is 0 Å². The second-order valence-electron chi connectivity index (χ2n) is 10.1. The molecule has 9 nitrogen and oxygen atoms in total. The Morgan fingerprint density at radius 2 is 1.87 bits per heavy atom. The molecule has 0 spiro atoms. The van der Waals surface area contributed by atoms with Crippen LogP contribution in [0.3, 0.4) is 0 Å². The van der Waals surface area contributed by atoms with Crippen molar-refractivity contribution in [1.82, 2.24) is 29.5 Å². The maximum Gasteiger partial charge on any atom is 0.295 e. The van der Waals surface area contributed by atoms with Gasteiger partial charge >= 0.3 is 0 Å². The van der Waals surface area contributed by atoms with Crippen molar-refractivity contribution in [1.29, 1.82) is 0 Å². The van der Waals surface area contributed by atoms with E-state index in [1.165, 1.54) is 11.2 Å². The Kier molecular flexibility index (Phi) is 6.51. The highest BCUT2D eigenvalue weighted by atomic mass is 32.2.